The van der Waals surface area contributed by atoms with Crippen LogP contribution in [0.1, 0.15) is 13.3 Å². The Morgan fingerprint density at radius 3 is 2.15 bits per heavy atom. The highest BCUT2D eigenvalue weighted by Gasteiger charge is 1.99. The molecule has 0 heterocycles. The van der Waals surface area contributed by atoms with Gasteiger partial charge in [0, 0.05) is 12.1 Å². The van der Waals surface area contributed by atoms with E-state index < -0.39 is 0 Å². The summed E-state index contributed by atoms with van der Waals surface area (Å²) in [5.74, 6) is 0.365. The van der Waals surface area contributed by atoms with Gasteiger partial charge in [-0.15, -0.1) is 0 Å². The first-order chi connectivity index (χ1) is 9.57. The Morgan fingerprint density at radius 2 is 1.80 bits per heavy atom. The predicted molar refractivity (Wildman–Crippen MR) is 75.8 cm³/mol. The Morgan fingerprint density at radius 1 is 1.20 bits per heavy atom. The lowest BCUT2D eigenvalue weighted by atomic mass is 10.3. The first-order valence-electron chi connectivity index (χ1n) is 6.08. The van der Waals surface area contributed by atoms with Crippen LogP contribution in [0.2, 0.25) is 0 Å². The Labute approximate surface area is 118 Å². The molecule has 0 aliphatic rings. The molecule has 0 aliphatic carbocycles. The van der Waals surface area contributed by atoms with E-state index in [2.05, 4.69) is 10.6 Å². The number of methoxy groups -OCH3 is 1. The van der Waals surface area contributed by atoms with Gasteiger partial charge in [0.25, 0.3) is 0 Å². The van der Waals surface area contributed by atoms with Crippen molar-refractivity contribution in [1.29, 1.82) is 0 Å². The van der Waals surface area contributed by atoms with Gasteiger partial charge in [-0.25, -0.2) is 5.48 Å². The lowest BCUT2D eigenvalue weighted by Crippen LogP contribution is -2.24. The number of carbonyl (C=O) groups excluding carboxylic acids is 2. The smallest absolute Gasteiger partial charge is 0.243 e. The van der Waals surface area contributed by atoms with Gasteiger partial charge in [-0.3, -0.25) is 14.8 Å². The second-order valence-electron chi connectivity index (χ2n) is 3.70. The van der Waals surface area contributed by atoms with E-state index in [1.807, 2.05) is 0 Å². The normalized spacial score (nSPS) is 9.00. The number of anilines is 1. The van der Waals surface area contributed by atoms with Crippen molar-refractivity contribution in [2.45, 2.75) is 13.3 Å². The van der Waals surface area contributed by atoms with E-state index in [1.54, 1.807) is 45.3 Å². The first-order valence-corrected chi connectivity index (χ1v) is 6.08. The molecule has 1 rings (SSSR count). The van der Waals surface area contributed by atoms with Crippen LogP contribution >= 0.6 is 0 Å². The Balaban J connectivity index is 0.000000511. The largest absolute Gasteiger partial charge is 0.497 e. The van der Waals surface area contributed by atoms with Crippen LogP contribution in [0.3, 0.4) is 0 Å². The average molecular weight is 283 g/mol. The van der Waals surface area contributed by atoms with E-state index in [4.69, 9.17) is 9.94 Å². The van der Waals surface area contributed by atoms with Gasteiger partial charge in [0.1, 0.15) is 5.75 Å². The molecule has 0 atom stereocenters. The van der Waals surface area contributed by atoms with Gasteiger partial charge in [-0.2, -0.15) is 0 Å². The number of likely N-dealkylation sites (N-methyl/N-ethyl adjacent to an activating group) is 1. The zero-order valence-corrected chi connectivity index (χ0v) is 11.9. The van der Waals surface area contributed by atoms with Crippen LogP contribution in [-0.2, 0) is 9.59 Å². The number of hydrogen-bond donors (Lipinski definition) is 4. The van der Waals surface area contributed by atoms with Crippen molar-refractivity contribution in [2.24, 2.45) is 0 Å². The van der Waals surface area contributed by atoms with Crippen LogP contribution in [0.25, 0.3) is 0 Å². The van der Waals surface area contributed by atoms with Crippen LogP contribution in [0, 0.1) is 0 Å². The molecule has 7 heteroatoms. The summed E-state index contributed by atoms with van der Waals surface area (Å²) < 4.78 is 5.00. The quantitative estimate of drug-likeness (QED) is 0.472. The highest BCUT2D eigenvalue weighted by Crippen LogP contribution is 2.14. The fourth-order valence-electron chi connectivity index (χ4n) is 1.12. The fraction of sp³-hybridized carbons (Fsp3) is 0.385. The fourth-order valence-corrected chi connectivity index (χ4v) is 1.12. The van der Waals surface area contributed by atoms with Gasteiger partial charge in [0.15, 0.2) is 0 Å². The third-order valence-electron chi connectivity index (χ3n) is 2.16. The molecule has 7 nitrogen and oxygen atoms in total. The highest BCUT2D eigenvalue weighted by molar-refractivity contribution is 5.92. The Hall–Kier alpha value is -2.12. The molecule has 20 heavy (non-hydrogen) atoms. The maximum Gasteiger partial charge on any atom is 0.243 e. The lowest BCUT2D eigenvalue weighted by molar-refractivity contribution is -0.128. The molecular weight excluding hydrogens is 262 g/mol. The minimum atomic E-state index is -0.352. The molecule has 0 fully saturated rings. The molecule has 0 saturated heterocycles. The summed E-state index contributed by atoms with van der Waals surface area (Å²) in [6, 6.07) is 7.20. The van der Waals surface area contributed by atoms with E-state index in [9.17, 15) is 9.59 Å². The van der Waals surface area contributed by atoms with Gasteiger partial charge < -0.3 is 15.4 Å². The summed E-state index contributed by atoms with van der Waals surface area (Å²) in [5, 5.41) is 13.2. The summed E-state index contributed by atoms with van der Waals surface area (Å²) >= 11 is 0. The van der Waals surface area contributed by atoms with Gasteiger partial charge in [-0.05, 0) is 31.3 Å². The SMILES string of the molecule is CCC(=O)NO.CNCC(=O)Nc1ccc(OC)cc1. The van der Waals surface area contributed by atoms with Gasteiger partial charge >= 0.3 is 0 Å². The summed E-state index contributed by atoms with van der Waals surface area (Å²) in [7, 11) is 3.34. The molecule has 0 spiro atoms. The van der Waals surface area contributed by atoms with Crippen LogP contribution in [-0.4, -0.2) is 37.7 Å². The van der Waals surface area contributed by atoms with Crippen LogP contribution in [0.15, 0.2) is 24.3 Å². The first kappa shape index (κ1) is 17.9. The molecule has 1 aromatic rings. The van der Waals surface area contributed by atoms with E-state index in [-0.39, 0.29) is 11.8 Å². The van der Waals surface area contributed by atoms with Crippen molar-refractivity contribution < 1.29 is 19.5 Å². The summed E-state index contributed by atoms with van der Waals surface area (Å²) in [6.45, 7) is 1.97. The number of hydrogen-bond acceptors (Lipinski definition) is 5. The summed E-state index contributed by atoms with van der Waals surface area (Å²) in [5.41, 5.74) is 2.25. The van der Waals surface area contributed by atoms with Crippen molar-refractivity contribution in [1.82, 2.24) is 10.8 Å². The lowest BCUT2D eigenvalue weighted by Gasteiger charge is -2.05. The maximum atomic E-state index is 11.2. The van der Waals surface area contributed by atoms with Crippen molar-refractivity contribution in [3.63, 3.8) is 0 Å². The zero-order valence-electron chi connectivity index (χ0n) is 11.9. The minimum absolute atomic E-state index is 0.0577. The van der Waals surface area contributed by atoms with Crippen LogP contribution in [0.5, 0.6) is 5.75 Å². The molecule has 1 aromatic carbocycles. The number of hydroxylamine groups is 1. The van der Waals surface area contributed by atoms with E-state index in [0.717, 1.165) is 11.4 Å². The van der Waals surface area contributed by atoms with Gasteiger partial charge in [0.05, 0.1) is 13.7 Å². The maximum absolute atomic E-state index is 11.2. The predicted octanol–water partition coefficient (Wildman–Crippen LogP) is 0.755. The molecule has 0 aliphatic heterocycles. The summed E-state index contributed by atoms with van der Waals surface area (Å²) in [4.78, 5) is 21.0. The average Bonchev–Trinajstić information content (AvgIpc) is 2.48. The number of carbonyl (C=O) groups is 2. The minimum Gasteiger partial charge on any atom is -0.497 e. The van der Waals surface area contributed by atoms with Gasteiger partial charge in [0.2, 0.25) is 11.8 Å². The van der Waals surface area contributed by atoms with E-state index >= 15 is 0 Å². The van der Waals surface area contributed by atoms with E-state index in [0.29, 0.717) is 13.0 Å². The van der Waals surface area contributed by atoms with Crippen molar-refractivity contribution in [2.75, 3.05) is 26.0 Å². The molecule has 0 radical (unpaired) electrons. The number of benzene rings is 1. The zero-order chi connectivity index (χ0) is 15.4. The van der Waals surface area contributed by atoms with Crippen molar-refractivity contribution >= 4 is 17.5 Å². The Kier molecular flexibility index (Phi) is 9.63. The molecule has 2 amide bonds. The van der Waals surface area contributed by atoms with Crippen LogP contribution in [0.4, 0.5) is 5.69 Å². The number of amides is 2. The third kappa shape index (κ3) is 8.06. The summed E-state index contributed by atoms with van der Waals surface area (Å²) in [6.07, 6.45) is 0.330. The second kappa shape index (κ2) is 10.8. The van der Waals surface area contributed by atoms with Crippen molar-refractivity contribution in [3.05, 3.63) is 24.3 Å². The molecule has 4 N–H and O–H groups in total. The van der Waals surface area contributed by atoms with Gasteiger partial charge in [-0.1, -0.05) is 6.92 Å². The number of nitrogens with one attached hydrogen (secondary N) is 3. The van der Waals surface area contributed by atoms with E-state index in [1.165, 1.54) is 5.48 Å². The second-order valence-corrected chi connectivity index (χ2v) is 3.70. The number of rotatable bonds is 5. The molecule has 0 saturated carbocycles. The molecular formula is C13H21N3O4. The third-order valence-corrected chi connectivity index (χ3v) is 2.16. The molecule has 0 unspecified atom stereocenters. The standard InChI is InChI=1S/C10H14N2O2.C3H7NO2/c1-11-7-10(13)12-8-3-5-9(14-2)6-4-8;1-2-3(5)4-6/h3-6,11H,7H2,1-2H3,(H,12,13);6H,2H2,1H3,(H,4,5). The monoisotopic (exact) mass is 283 g/mol. The Bertz CT molecular complexity index is 401. The molecule has 0 aromatic heterocycles. The molecule has 0 bridgehead atoms. The van der Waals surface area contributed by atoms with Crippen LogP contribution < -0.4 is 20.9 Å². The topological polar surface area (TPSA) is 99.7 Å². The molecule has 112 valence electrons. The van der Waals surface area contributed by atoms with Crippen molar-refractivity contribution in [3.8, 4) is 5.75 Å². The number of ether oxygens (including phenoxy) is 1. The highest BCUT2D eigenvalue weighted by atomic mass is 16.5.